The predicted molar refractivity (Wildman–Crippen MR) is 88.2 cm³/mol. The van der Waals surface area contributed by atoms with Crippen LogP contribution < -0.4 is 5.32 Å². The van der Waals surface area contributed by atoms with Gasteiger partial charge in [0.2, 0.25) is 11.7 Å². The molecule has 1 aromatic heterocycles. The molecule has 3 amide bonds. The van der Waals surface area contributed by atoms with Crippen LogP contribution in [0.5, 0.6) is 0 Å². The maximum atomic E-state index is 12.6. The quantitative estimate of drug-likeness (QED) is 0.857. The number of aryl methyl sites for hydroxylation is 1. The molecule has 0 saturated carbocycles. The van der Waals surface area contributed by atoms with Crippen molar-refractivity contribution in [3.8, 4) is 11.4 Å². The molecule has 2 saturated heterocycles. The Bertz CT molecular complexity index is 796. The van der Waals surface area contributed by atoms with Gasteiger partial charge < -0.3 is 9.84 Å². The van der Waals surface area contributed by atoms with Crippen molar-refractivity contribution in [3.63, 3.8) is 0 Å². The third kappa shape index (κ3) is 2.47. The molecule has 7 nitrogen and oxygen atoms in total. The van der Waals surface area contributed by atoms with E-state index in [2.05, 4.69) is 15.5 Å². The fraction of sp³-hybridized carbons (Fsp3) is 0.375. The lowest BCUT2D eigenvalue weighted by Crippen LogP contribution is -2.46. The summed E-state index contributed by atoms with van der Waals surface area (Å²) >= 11 is 1.67. The van der Waals surface area contributed by atoms with Crippen LogP contribution in [0.3, 0.4) is 0 Å². The molecule has 1 spiro atoms. The number of benzene rings is 1. The normalized spacial score (nSPS) is 23.3. The van der Waals surface area contributed by atoms with Crippen LogP contribution in [-0.2, 0) is 11.3 Å². The topological polar surface area (TPSA) is 88.3 Å². The molecule has 8 heteroatoms. The second-order valence-electron chi connectivity index (χ2n) is 6.08. The van der Waals surface area contributed by atoms with Gasteiger partial charge >= 0.3 is 6.03 Å². The van der Waals surface area contributed by atoms with Gasteiger partial charge in [0.1, 0.15) is 12.1 Å². The van der Waals surface area contributed by atoms with Crippen molar-refractivity contribution in [1.82, 2.24) is 20.4 Å². The third-order valence-electron chi connectivity index (χ3n) is 4.34. The van der Waals surface area contributed by atoms with Crippen LogP contribution in [0.1, 0.15) is 17.9 Å². The molecule has 3 heterocycles. The zero-order chi connectivity index (χ0) is 16.7. The maximum Gasteiger partial charge on any atom is 0.325 e. The van der Waals surface area contributed by atoms with Crippen molar-refractivity contribution < 1.29 is 14.1 Å². The smallest absolute Gasteiger partial charge is 0.325 e. The molecular formula is C16H16N4O3S. The van der Waals surface area contributed by atoms with E-state index in [0.29, 0.717) is 18.0 Å². The molecule has 0 radical (unpaired) electrons. The third-order valence-corrected chi connectivity index (χ3v) is 5.53. The molecule has 2 aliphatic heterocycles. The minimum atomic E-state index is -0.748. The molecule has 124 valence electrons. The largest absolute Gasteiger partial charge is 0.337 e. The van der Waals surface area contributed by atoms with Gasteiger partial charge in [0.05, 0.1) is 0 Å². The first-order valence-corrected chi connectivity index (χ1v) is 8.84. The lowest BCUT2D eigenvalue weighted by atomic mass is 9.99. The fourth-order valence-corrected chi connectivity index (χ4v) is 4.25. The summed E-state index contributed by atoms with van der Waals surface area (Å²) in [7, 11) is 0. The number of hydrogen-bond acceptors (Lipinski definition) is 6. The van der Waals surface area contributed by atoms with Crippen LogP contribution in [0.2, 0.25) is 0 Å². The van der Waals surface area contributed by atoms with E-state index >= 15 is 0 Å². The van der Waals surface area contributed by atoms with Gasteiger partial charge in [0, 0.05) is 11.3 Å². The Hall–Kier alpha value is -2.35. The summed E-state index contributed by atoms with van der Waals surface area (Å²) in [6, 6.07) is 7.34. The zero-order valence-corrected chi connectivity index (χ0v) is 13.9. The van der Waals surface area contributed by atoms with Gasteiger partial charge in [0.25, 0.3) is 5.91 Å². The summed E-state index contributed by atoms with van der Waals surface area (Å²) in [4.78, 5) is 30.2. The van der Waals surface area contributed by atoms with Crippen molar-refractivity contribution in [2.75, 3.05) is 11.5 Å². The Labute approximate surface area is 142 Å². The van der Waals surface area contributed by atoms with E-state index in [0.717, 1.165) is 21.8 Å². The Morgan fingerprint density at radius 3 is 2.83 bits per heavy atom. The van der Waals surface area contributed by atoms with Gasteiger partial charge in [0.15, 0.2) is 0 Å². The second kappa shape index (κ2) is 5.62. The molecule has 2 aromatic rings. The molecule has 1 aromatic carbocycles. The lowest BCUT2D eigenvalue weighted by Gasteiger charge is -2.18. The number of aromatic nitrogens is 2. The van der Waals surface area contributed by atoms with Crippen molar-refractivity contribution in [3.05, 3.63) is 35.7 Å². The Morgan fingerprint density at radius 1 is 1.33 bits per heavy atom. The van der Waals surface area contributed by atoms with Gasteiger partial charge in [-0.25, -0.2) is 4.79 Å². The number of hydrogen-bond donors (Lipinski definition) is 1. The molecule has 1 atom stereocenters. The van der Waals surface area contributed by atoms with Crippen molar-refractivity contribution >= 4 is 23.7 Å². The van der Waals surface area contributed by atoms with E-state index in [1.54, 1.807) is 11.8 Å². The molecule has 0 bridgehead atoms. The Morgan fingerprint density at radius 2 is 2.12 bits per heavy atom. The number of amides is 3. The summed E-state index contributed by atoms with van der Waals surface area (Å²) in [5, 5.41) is 6.76. The average Bonchev–Trinajstić information content (AvgIpc) is 3.27. The first-order valence-electron chi connectivity index (χ1n) is 7.69. The van der Waals surface area contributed by atoms with Crippen LogP contribution in [0.15, 0.2) is 28.8 Å². The molecule has 1 N–H and O–H groups in total. The van der Waals surface area contributed by atoms with Crippen LogP contribution in [0, 0.1) is 6.92 Å². The molecule has 2 aliphatic rings. The predicted octanol–water partition coefficient (Wildman–Crippen LogP) is 1.97. The number of imide groups is 1. The van der Waals surface area contributed by atoms with Crippen LogP contribution in [0.4, 0.5) is 4.79 Å². The molecule has 4 rings (SSSR count). The van der Waals surface area contributed by atoms with Crippen LogP contribution >= 0.6 is 11.8 Å². The van der Waals surface area contributed by atoms with E-state index in [9.17, 15) is 9.59 Å². The van der Waals surface area contributed by atoms with Crippen LogP contribution in [-0.4, -0.2) is 44.0 Å². The van der Waals surface area contributed by atoms with Gasteiger partial charge in [-0.1, -0.05) is 35.0 Å². The fourth-order valence-electron chi connectivity index (χ4n) is 2.93. The van der Waals surface area contributed by atoms with Crippen molar-refractivity contribution in [2.24, 2.45) is 0 Å². The number of carbonyl (C=O) groups excluding carboxylic acids is 2. The van der Waals surface area contributed by atoms with Gasteiger partial charge in [-0.2, -0.15) is 16.7 Å². The zero-order valence-electron chi connectivity index (χ0n) is 13.1. The second-order valence-corrected chi connectivity index (χ2v) is 7.19. The highest BCUT2D eigenvalue weighted by Crippen LogP contribution is 2.34. The van der Waals surface area contributed by atoms with Crippen molar-refractivity contribution in [2.45, 2.75) is 25.4 Å². The van der Waals surface area contributed by atoms with Gasteiger partial charge in [-0.3, -0.25) is 9.69 Å². The Kier molecular flexibility index (Phi) is 3.56. The summed E-state index contributed by atoms with van der Waals surface area (Å²) in [5.74, 6) is 1.98. The van der Waals surface area contributed by atoms with E-state index < -0.39 is 11.6 Å². The highest BCUT2D eigenvalue weighted by molar-refractivity contribution is 7.99. The van der Waals surface area contributed by atoms with Crippen LogP contribution in [0.25, 0.3) is 11.4 Å². The summed E-state index contributed by atoms with van der Waals surface area (Å²) in [6.45, 7) is 2.00. The minimum Gasteiger partial charge on any atom is -0.337 e. The lowest BCUT2D eigenvalue weighted by molar-refractivity contribution is -0.131. The van der Waals surface area contributed by atoms with E-state index in [4.69, 9.17) is 4.52 Å². The SMILES string of the molecule is Cc1ccc(-c2noc(CN3C(=O)NC4(CCSC4)C3=O)n2)cc1. The van der Waals surface area contributed by atoms with Gasteiger partial charge in [-0.15, -0.1) is 0 Å². The monoisotopic (exact) mass is 344 g/mol. The minimum absolute atomic E-state index is 0.00402. The van der Waals surface area contributed by atoms with Gasteiger partial charge in [-0.05, 0) is 19.1 Å². The molecule has 0 aliphatic carbocycles. The number of nitrogens with zero attached hydrogens (tertiary/aromatic N) is 3. The number of thioether (sulfide) groups is 1. The van der Waals surface area contributed by atoms with E-state index in [1.807, 2.05) is 31.2 Å². The first kappa shape index (κ1) is 15.2. The van der Waals surface area contributed by atoms with E-state index in [-0.39, 0.29) is 18.3 Å². The molecule has 24 heavy (non-hydrogen) atoms. The first-order chi connectivity index (χ1) is 11.6. The highest BCUT2D eigenvalue weighted by atomic mass is 32.2. The summed E-state index contributed by atoms with van der Waals surface area (Å²) < 4.78 is 5.22. The number of nitrogens with one attached hydrogen (secondary N) is 1. The van der Waals surface area contributed by atoms with E-state index in [1.165, 1.54) is 0 Å². The average molecular weight is 344 g/mol. The summed E-state index contributed by atoms with van der Waals surface area (Å²) in [6.07, 6.45) is 0.664. The van der Waals surface area contributed by atoms with Crippen molar-refractivity contribution in [1.29, 1.82) is 0 Å². The summed E-state index contributed by atoms with van der Waals surface area (Å²) in [5.41, 5.74) is 1.22. The highest BCUT2D eigenvalue weighted by Gasteiger charge is 2.53. The maximum absolute atomic E-state index is 12.6. The number of urea groups is 1. The molecular weight excluding hydrogens is 328 g/mol. The molecule has 2 fully saturated rings. The standard InChI is InChI=1S/C16H16N4O3S/c1-10-2-4-11(5-3-10)13-17-12(23-19-13)8-20-14(21)16(18-15(20)22)6-7-24-9-16/h2-5H,6-9H2,1H3,(H,18,22). The number of rotatable bonds is 3. The number of carbonyl (C=O) groups is 2. The Balaban J connectivity index is 1.53. The molecule has 1 unspecified atom stereocenters.